The van der Waals surface area contributed by atoms with Gasteiger partial charge in [-0.1, -0.05) is 0 Å². The molecule has 0 aromatic carbocycles. The fraction of sp³-hybridized carbons (Fsp3) is 0.556. The lowest BCUT2D eigenvalue weighted by Gasteiger charge is -2.08. The van der Waals surface area contributed by atoms with Crippen LogP contribution in [0.15, 0.2) is 15.8 Å². The highest BCUT2D eigenvalue weighted by molar-refractivity contribution is 5.04. The maximum Gasteiger partial charge on any atom is 0.325 e. The first-order valence-corrected chi connectivity index (χ1v) is 4.73. The smallest absolute Gasteiger partial charge is 0.325 e. The Morgan fingerprint density at radius 2 is 2.13 bits per heavy atom. The van der Waals surface area contributed by atoms with Crippen molar-refractivity contribution in [1.29, 1.82) is 0 Å². The van der Waals surface area contributed by atoms with Crippen molar-refractivity contribution < 1.29 is 10.2 Å². The van der Waals surface area contributed by atoms with Gasteiger partial charge in [-0.15, -0.1) is 0 Å². The van der Waals surface area contributed by atoms with Gasteiger partial charge in [0.15, 0.2) is 0 Å². The summed E-state index contributed by atoms with van der Waals surface area (Å²) in [7, 11) is 0. The summed E-state index contributed by atoms with van der Waals surface area (Å²) in [6.07, 6.45) is 1.71. The second kappa shape index (κ2) is 5.47. The highest BCUT2D eigenvalue weighted by Crippen LogP contribution is 2.01. The molecule has 4 N–H and O–H groups in total. The van der Waals surface area contributed by atoms with Gasteiger partial charge in [0.25, 0.3) is 5.56 Å². The summed E-state index contributed by atoms with van der Waals surface area (Å²) in [6.45, 7) is 0.0129. The molecule has 15 heavy (non-hydrogen) atoms. The van der Waals surface area contributed by atoms with Crippen molar-refractivity contribution in [3.8, 4) is 0 Å². The van der Waals surface area contributed by atoms with Gasteiger partial charge in [-0.05, 0) is 12.8 Å². The molecule has 0 aliphatic heterocycles. The average Bonchev–Trinajstić information content (AvgIpc) is 2.19. The van der Waals surface area contributed by atoms with E-state index in [0.29, 0.717) is 18.4 Å². The molecule has 1 aromatic rings. The van der Waals surface area contributed by atoms with Crippen molar-refractivity contribution in [1.82, 2.24) is 9.97 Å². The van der Waals surface area contributed by atoms with Crippen molar-refractivity contribution in [3.05, 3.63) is 32.6 Å². The molecule has 1 unspecified atom stereocenters. The van der Waals surface area contributed by atoms with Gasteiger partial charge in [-0.3, -0.25) is 9.78 Å². The summed E-state index contributed by atoms with van der Waals surface area (Å²) >= 11 is 0. The summed E-state index contributed by atoms with van der Waals surface area (Å²) in [6, 6.07) is 0. The van der Waals surface area contributed by atoms with E-state index in [1.165, 1.54) is 6.20 Å². The lowest BCUT2D eigenvalue weighted by atomic mass is 10.1. The zero-order valence-electron chi connectivity index (χ0n) is 8.19. The van der Waals surface area contributed by atoms with E-state index in [1.54, 1.807) is 0 Å². The zero-order chi connectivity index (χ0) is 11.3. The van der Waals surface area contributed by atoms with E-state index in [1.807, 2.05) is 0 Å². The molecule has 0 amide bonds. The largest absolute Gasteiger partial charge is 0.396 e. The summed E-state index contributed by atoms with van der Waals surface area (Å²) in [5.74, 6) is 0. The number of aromatic nitrogens is 2. The molecule has 0 radical (unpaired) electrons. The molecule has 0 spiro atoms. The zero-order valence-corrected chi connectivity index (χ0v) is 8.19. The van der Waals surface area contributed by atoms with E-state index < -0.39 is 17.4 Å². The average molecular weight is 214 g/mol. The van der Waals surface area contributed by atoms with Crippen LogP contribution in [-0.4, -0.2) is 32.9 Å². The van der Waals surface area contributed by atoms with Crippen molar-refractivity contribution >= 4 is 0 Å². The topological polar surface area (TPSA) is 106 Å². The molecular weight excluding hydrogens is 200 g/mol. The van der Waals surface area contributed by atoms with Crippen LogP contribution in [0, 0.1) is 0 Å². The highest BCUT2D eigenvalue weighted by Gasteiger charge is 2.08. The predicted octanol–water partition coefficient (Wildman–Crippen LogP) is -1.26. The molecule has 0 bridgehead atoms. The van der Waals surface area contributed by atoms with Gasteiger partial charge in [0.05, 0.1) is 6.10 Å². The van der Waals surface area contributed by atoms with E-state index in [9.17, 15) is 14.7 Å². The monoisotopic (exact) mass is 214 g/mol. The van der Waals surface area contributed by atoms with Crippen LogP contribution in [0.4, 0.5) is 0 Å². The predicted molar refractivity (Wildman–Crippen MR) is 53.7 cm³/mol. The molecule has 0 saturated carbocycles. The Bertz CT molecular complexity index is 409. The lowest BCUT2D eigenvalue weighted by Crippen LogP contribution is -2.27. The molecule has 0 saturated heterocycles. The van der Waals surface area contributed by atoms with Crippen LogP contribution in [0.3, 0.4) is 0 Å². The number of hydrogen-bond acceptors (Lipinski definition) is 4. The van der Waals surface area contributed by atoms with Crippen LogP contribution in [-0.2, 0) is 6.42 Å². The lowest BCUT2D eigenvalue weighted by molar-refractivity contribution is 0.149. The van der Waals surface area contributed by atoms with Crippen molar-refractivity contribution in [2.75, 3.05) is 6.61 Å². The number of aliphatic hydroxyl groups is 2. The van der Waals surface area contributed by atoms with E-state index >= 15 is 0 Å². The molecule has 1 heterocycles. The minimum absolute atomic E-state index is 0.0129. The number of aliphatic hydroxyl groups excluding tert-OH is 2. The van der Waals surface area contributed by atoms with Gasteiger partial charge in [0.1, 0.15) is 0 Å². The quantitative estimate of drug-likeness (QED) is 0.490. The molecule has 84 valence electrons. The molecule has 0 aliphatic rings. The van der Waals surface area contributed by atoms with Crippen molar-refractivity contribution in [2.45, 2.75) is 25.4 Å². The Morgan fingerprint density at radius 3 is 2.73 bits per heavy atom. The second-order valence-electron chi connectivity index (χ2n) is 3.32. The number of aromatic amines is 2. The van der Waals surface area contributed by atoms with Gasteiger partial charge >= 0.3 is 5.69 Å². The standard InChI is InChI=1S/C9H14N2O4/c12-3-1-2-7(13)4-6-5-10-9(15)11-8(6)14/h5,7,12-13H,1-4H2,(H2,10,11,14,15). The Kier molecular flexibility index (Phi) is 4.26. The molecule has 1 aromatic heterocycles. The molecular formula is C9H14N2O4. The van der Waals surface area contributed by atoms with Gasteiger partial charge in [-0.25, -0.2) is 4.79 Å². The van der Waals surface area contributed by atoms with Crippen LogP contribution in [0.2, 0.25) is 0 Å². The van der Waals surface area contributed by atoms with Gasteiger partial charge in [-0.2, -0.15) is 0 Å². The fourth-order valence-corrected chi connectivity index (χ4v) is 1.27. The van der Waals surface area contributed by atoms with Crippen LogP contribution < -0.4 is 11.2 Å². The number of H-pyrrole nitrogens is 2. The first-order chi connectivity index (χ1) is 7.13. The third-order valence-electron chi connectivity index (χ3n) is 2.05. The minimum atomic E-state index is -0.677. The summed E-state index contributed by atoms with van der Waals surface area (Å²) in [4.78, 5) is 26.3. The first-order valence-electron chi connectivity index (χ1n) is 4.73. The second-order valence-corrected chi connectivity index (χ2v) is 3.32. The molecule has 6 nitrogen and oxygen atoms in total. The third-order valence-corrected chi connectivity index (χ3v) is 2.05. The summed E-state index contributed by atoms with van der Waals surface area (Å²) < 4.78 is 0. The normalized spacial score (nSPS) is 12.7. The van der Waals surface area contributed by atoms with Gasteiger partial charge in [0.2, 0.25) is 0 Å². The van der Waals surface area contributed by atoms with E-state index in [4.69, 9.17) is 5.11 Å². The molecule has 1 atom stereocenters. The third kappa shape index (κ3) is 3.69. The maximum atomic E-state index is 11.2. The Balaban J connectivity index is 2.64. The van der Waals surface area contributed by atoms with Crippen molar-refractivity contribution in [2.24, 2.45) is 0 Å². The minimum Gasteiger partial charge on any atom is -0.396 e. The van der Waals surface area contributed by atoms with Crippen LogP contribution in [0.1, 0.15) is 18.4 Å². The summed E-state index contributed by atoms with van der Waals surface area (Å²) in [5, 5.41) is 18.0. The number of nitrogens with one attached hydrogen (secondary N) is 2. The van der Waals surface area contributed by atoms with Crippen LogP contribution in [0.25, 0.3) is 0 Å². The molecule has 1 rings (SSSR count). The van der Waals surface area contributed by atoms with Gasteiger partial charge < -0.3 is 15.2 Å². The number of rotatable bonds is 5. The SMILES string of the molecule is O=c1[nH]cc(CC(O)CCCO)c(=O)[nH]1. The van der Waals surface area contributed by atoms with Crippen LogP contribution >= 0.6 is 0 Å². The highest BCUT2D eigenvalue weighted by atomic mass is 16.3. The van der Waals surface area contributed by atoms with Crippen LogP contribution in [0.5, 0.6) is 0 Å². The number of hydrogen-bond donors (Lipinski definition) is 4. The molecule has 6 heteroatoms. The Morgan fingerprint density at radius 1 is 1.40 bits per heavy atom. The fourth-order valence-electron chi connectivity index (χ4n) is 1.27. The molecule has 0 aliphatic carbocycles. The Hall–Kier alpha value is -1.40. The van der Waals surface area contributed by atoms with Crippen molar-refractivity contribution in [3.63, 3.8) is 0 Å². The van der Waals surface area contributed by atoms with E-state index in [2.05, 4.69) is 9.97 Å². The molecule has 0 fully saturated rings. The van der Waals surface area contributed by atoms with E-state index in [0.717, 1.165) is 0 Å². The maximum absolute atomic E-state index is 11.2. The van der Waals surface area contributed by atoms with Gasteiger partial charge in [0, 0.05) is 24.8 Å². The Labute approximate surface area is 85.6 Å². The first kappa shape index (κ1) is 11.7. The van der Waals surface area contributed by atoms with E-state index in [-0.39, 0.29) is 13.0 Å². The summed E-state index contributed by atoms with van der Waals surface area (Å²) in [5.41, 5.74) is -0.713.